The van der Waals surface area contributed by atoms with Gasteiger partial charge in [-0.15, -0.1) is 0 Å². The number of alkyl halides is 2. The lowest BCUT2D eigenvalue weighted by Gasteiger charge is -2.11. The molecule has 1 aromatic carbocycles. The molecule has 0 bridgehead atoms. The van der Waals surface area contributed by atoms with Crippen molar-refractivity contribution in [3.8, 4) is 0 Å². The number of fused-ring (bicyclic) bond motifs is 2. The first-order valence-corrected chi connectivity index (χ1v) is 11.9. The van der Waals surface area contributed by atoms with Gasteiger partial charge in [-0.3, -0.25) is 9.55 Å². The summed E-state index contributed by atoms with van der Waals surface area (Å²) in [4.78, 5) is 16.7. The maximum atomic E-state index is 13.5. The second-order valence-electron chi connectivity index (χ2n) is 7.35. The van der Waals surface area contributed by atoms with Gasteiger partial charge in [-0.2, -0.15) is 8.78 Å². The number of hydrogen-bond donors (Lipinski definition) is 0. The van der Waals surface area contributed by atoms with E-state index in [1.54, 1.807) is 12.1 Å². The number of aryl methyl sites for hydroxylation is 1. The topological polar surface area (TPSA) is 78.9 Å². The van der Waals surface area contributed by atoms with E-state index >= 15 is 0 Å². The monoisotopic (exact) mass is 468 g/mol. The average Bonchev–Trinajstić information content (AvgIpc) is 3.16. The molecule has 164 valence electrons. The molecule has 0 aliphatic carbocycles. The summed E-state index contributed by atoms with van der Waals surface area (Å²) in [5.41, 5.74) is 1.03. The Hall–Kier alpha value is -2.72. The van der Waals surface area contributed by atoms with Crippen LogP contribution in [0.5, 0.6) is 0 Å². The zero-order valence-corrected chi connectivity index (χ0v) is 18.1. The van der Waals surface area contributed by atoms with Crippen LogP contribution in [0.4, 0.5) is 8.78 Å². The first-order valence-electron chi connectivity index (χ1n) is 9.44. The largest absolute Gasteiger partial charge is 0.343 e. The minimum Gasteiger partial charge on any atom is -0.343 e. The highest BCUT2D eigenvalue weighted by molar-refractivity contribution is 7.90. The van der Waals surface area contributed by atoms with E-state index < -0.39 is 22.1 Å². The van der Waals surface area contributed by atoms with Crippen molar-refractivity contribution in [2.24, 2.45) is 0 Å². The van der Waals surface area contributed by atoms with Crippen LogP contribution in [-0.2, 0) is 22.9 Å². The van der Waals surface area contributed by atoms with Gasteiger partial charge in [0.2, 0.25) is 0 Å². The Bertz CT molecular complexity index is 1440. The van der Waals surface area contributed by atoms with E-state index in [0.717, 1.165) is 10.9 Å². The first kappa shape index (κ1) is 21.5. The zero-order valence-electron chi connectivity index (χ0n) is 16.5. The van der Waals surface area contributed by atoms with Gasteiger partial charge < -0.3 is 4.57 Å². The number of hydrogen-bond acceptors (Lipinski definition) is 4. The molecule has 3 aromatic heterocycles. The van der Waals surface area contributed by atoms with Crippen molar-refractivity contribution in [3.63, 3.8) is 0 Å². The van der Waals surface area contributed by atoms with Crippen molar-refractivity contribution in [3.05, 3.63) is 63.9 Å². The van der Waals surface area contributed by atoms with Crippen molar-refractivity contribution in [2.45, 2.75) is 26.1 Å². The Morgan fingerprint density at radius 2 is 1.87 bits per heavy atom. The van der Waals surface area contributed by atoms with Crippen molar-refractivity contribution in [1.29, 1.82) is 0 Å². The van der Waals surface area contributed by atoms with E-state index in [1.807, 2.05) is 16.7 Å². The predicted octanol–water partition coefficient (Wildman–Crippen LogP) is 3.68. The normalized spacial score (nSPS) is 12.4. The highest BCUT2D eigenvalue weighted by Gasteiger charge is 2.21. The lowest BCUT2D eigenvalue weighted by atomic mass is 10.2. The summed E-state index contributed by atoms with van der Waals surface area (Å²) in [7, 11) is -3.14. The van der Waals surface area contributed by atoms with Gasteiger partial charge in [0.1, 0.15) is 9.84 Å². The van der Waals surface area contributed by atoms with Crippen LogP contribution < -0.4 is 5.69 Å². The summed E-state index contributed by atoms with van der Waals surface area (Å²) in [5.74, 6) is 0.00820. The van der Waals surface area contributed by atoms with E-state index in [0.29, 0.717) is 33.8 Å². The molecular weight excluding hydrogens is 450 g/mol. The zero-order chi connectivity index (χ0) is 22.3. The number of rotatable bonds is 7. The summed E-state index contributed by atoms with van der Waals surface area (Å²) >= 11 is 6.11. The maximum Gasteiger partial charge on any atom is 0.333 e. The molecule has 4 rings (SSSR count). The second-order valence-corrected chi connectivity index (χ2v) is 10.1. The van der Waals surface area contributed by atoms with Crippen LogP contribution in [-0.4, -0.2) is 39.1 Å². The van der Waals surface area contributed by atoms with Crippen LogP contribution >= 0.6 is 11.6 Å². The number of halogens is 3. The van der Waals surface area contributed by atoms with E-state index in [-0.39, 0.29) is 17.8 Å². The number of benzene rings is 1. The molecule has 11 heteroatoms. The SMILES string of the molecule is CS(=O)(=O)CCCn1c(Cn2c(=O)n(C(F)F)c3ccncc32)cc2cc(Cl)ccc21. The summed E-state index contributed by atoms with van der Waals surface area (Å²) < 4.78 is 53.7. The smallest absolute Gasteiger partial charge is 0.333 e. The predicted molar refractivity (Wildman–Crippen MR) is 116 cm³/mol. The number of aromatic nitrogens is 4. The lowest BCUT2D eigenvalue weighted by Crippen LogP contribution is -2.26. The molecular formula is C20H19ClF2N4O3S. The number of sulfone groups is 1. The maximum absolute atomic E-state index is 13.5. The van der Waals surface area contributed by atoms with Crippen molar-refractivity contribution in [1.82, 2.24) is 18.7 Å². The van der Waals surface area contributed by atoms with Gasteiger partial charge in [-0.25, -0.2) is 17.8 Å². The number of pyridine rings is 1. The van der Waals surface area contributed by atoms with Gasteiger partial charge in [0.15, 0.2) is 0 Å². The number of imidazole rings is 1. The molecule has 0 aliphatic rings. The fourth-order valence-corrected chi connectivity index (χ4v) is 4.64. The van der Waals surface area contributed by atoms with E-state index in [9.17, 15) is 22.0 Å². The summed E-state index contributed by atoms with van der Waals surface area (Å²) in [5, 5.41) is 1.34. The van der Waals surface area contributed by atoms with E-state index in [2.05, 4.69) is 4.98 Å². The van der Waals surface area contributed by atoms with Crippen LogP contribution in [0.2, 0.25) is 5.02 Å². The molecule has 0 radical (unpaired) electrons. The van der Waals surface area contributed by atoms with E-state index in [1.165, 1.54) is 29.3 Å². The van der Waals surface area contributed by atoms with Gasteiger partial charge in [0.05, 0.1) is 29.5 Å². The highest BCUT2D eigenvalue weighted by Crippen LogP contribution is 2.26. The molecule has 0 saturated heterocycles. The Labute approximate surface area is 181 Å². The molecule has 0 N–H and O–H groups in total. The van der Waals surface area contributed by atoms with Gasteiger partial charge in [0.25, 0.3) is 0 Å². The molecule has 3 heterocycles. The van der Waals surface area contributed by atoms with Crippen LogP contribution in [0.3, 0.4) is 0 Å². The highest BCUT2D eigenvalue weighted by atomic mass is 35.5. The Balaban J connectivity index is 1.83. The van der Waals surface area contributed by atoms with Gasteiger partial charge in [0, 0.05) is 40.6 Å². The van der Waals surface area contributed by atoms with Crippen molar-refractivity contribution < 1.29 is 17.2 Å². The van der Waals surface area contributed by atoms with Crippen LogP contribution in [0.25, 0.3) is 21.9 Å². The Kier molecular flexibility index (Phi) is 5.61. The molecule has 0 amide bonds. The van der Waals surface area contributed by atoms with Crippen LogP contribution in [0.15, 0.2) is 47.5 Å². The van der Waals surface area contributed by atoms with Crippen molar-refractivity contribution >= 4 is 43.4 Å². The summed E-state index contributed by atoms with van der Waals surface area (Å²) in [6.45, 7) is -2.59. The van der Waals surface area contributed by atoms with Gasteiger partial charge in [-0.05, 0) is 36.8 Å². The molecule has 0 fully saturated rings. The molecule has 0 saturated carbocycles. The molecule has 0 unspecified atom stereocenters. The minimum atomic E-state index is -3.14. The summed E-state index contributed by atoms with van der Waals surface area (Å²) in [6, 6.07) is 8.50. The van der Waals surface area contributed by atoms with Gasteiger partial charge in [-0.1, -0.05) is 11.6 Å². The second kappa shape index (κ2) is 8.08. The molecule has 0 spiro atoms. The average molecular weight is 469 g/mol. The van der Waals surface area contributed by atoms with Gasteiger partial charge >= 0.3 is 12.2 Å². The third-order valence-corrected chi connectivity index (χ3v) is 6.39. The molecule has 7 nitrogen and oxygen atoms in total. The van der Waals surface area contributed by atoms with Crippen LogP contribution in [0, 0.1) is 0 Å². The van der Waals surface area contributed by atoms with Crippen LogP contribution in [0.1, 0.15) is 18.7 Å². The molecule has 4 aromatic rings. The Morgan fingerprint density at radius 3 is 2.58 bits per heavy atom. The standard InChI is InChI=1S/C20H19ClF2N4O3S/c1-31(29,30)8-2-7-25-15(10-13-9-14(21)3-4-16(13)25)12-26-18-11-24-6-5-17(18)27(19(22)23)20(26)28/h3-6,9-11,19H,2,7-8,12H2,1H3. The minimum absolute atomic E-state index is 0.00820. The number of nitrogens with zero attached hydrogens (tertiary/aromatic N) is 4. The third kappa shape index (κ3) is 4.22. The van der Waals surface area contributed by atoms with Crippen molar-refractivity contribution in [2.75, 3.05) is 12.0 Å². The lowest BCUT2D eigenvalue weighted by molar-refractivity contribution is 0.0703. The Morgan fingerprint density at radius 1 is 1.10 bits per heavy atom. The molecule has 0 aliphatic heterocycles. The first-order chi connectivity index (χ1) is 14.7. The molecule has 0 atom stereocenters. The molecule has 31 heavy (non-hydrogen) atoms. The quantitative estimate of drug-likeness (QED) is 0.414. The van der Waals surface area contributed by atoms with E-state index in [4.69, 9.17) is 11.6 Å². The fourth-order valence-electron chi connectivity index (χ4n) is 3.81. The fraction of sp³-hybridized carbons (Fsp3) is 0.300. The third-order valence-electron chi connectivity index (χ3n) is 5.13. The summed E-state index contributed by atoms with van der Waals surface area (Å²) in [6.07, 6.45) is 4.28.